The van der Waals surface area contributed by atoms with E-state index in [0.29, 0.717) is 6.54 Å². The summed E-state index contributed by atoms with van der Waals surface area (Å²) in [5, 5.41) is 3.39. The van der Waals surface area contributed by atoms with E-state index in [2.05, 4.69) is 31.0 Å². The molecule has 1 N–H and O–H groups in total. The first-order valence-electron chi connectivity index (χ1n) is 5.98. The highest BCUT2D eigenvalue weighted by molar-refractivity contribution is 7.92. The summed E-state index contributed by atoms with van der Waals surface area (Å²) >= 11 is 0. The third-order valence-corrected chi connectivity index (χ3v) is 4.94. The van der Waals surface area contributed by atoms with E-state index in [0.717, 1.165) is 13.1 Å². The second-order valence-electron chi connectivity index (χ2n) is 6.45. The lowest BCUT2D eigenvalue weighted by molar-refractivity contribution is 0.287. The first-order valence-corrected chi connectivity index (χ1v) is 7.87. The number of likely N-dealkylation sites (N-methyl/N-ethyl adjacent to an activating group) is 1. The topological polar surface area (TPSA) is 49.4 Å². The molecule has 0 bridgehead atoms. The van der Waals surface area contributed by atoms with E-state index in [9.17, 15) is 8.42 Å². The molecule has 0 aromatic rings. The van der Waals surface area contributed by atoms with Gasteiger partial charge in [0, 0.05) is 31.4 Å². The molecule has 0 radical (unpaired) electrons. The minimum absolute atomic E-state index is 0.104. The SMILES string of the molecule is CN(CCNC(C)(C)C)CC(C)(C)S(C)(=O)=O. The molecule has 104 valence electrons. The summed E-state index contributed by atoms with van der Waals surface area (Å²) in [4.78, 5) is 2.06. The van der Waals surface area contributed by atoms with Crippen LogP contribution in [0.25, 0.3) is 0 Å². The zero-order chi connectivity index (χ0) is 13.9. The maximum absolute atomic E-state index is 11.6. The quantitative estimate of drug-likeness (QED) is 0.781. The van der Waals surface area contributed by atoms with E-state index in [4.69, 9.17) is 0 Å². The van der Waals surface area contributed by atoms with Crippen LogP contribution < -0.4 is 5.32 Å². The van der Waals surface area contributed by atoms with Crippen molar-refractivity contribution >= 4 is 9.84 Å². The minimum Gasteiger partial charge on any atom is -0.311 e. The van der Waals surface area contributed by atoms with Crippen molar-refractivity contribution in [3.05, 3.63) is 0 Å². The Balaban J connectivity index is 4.16. The molecule has 0 atom stereocenters. The van der Waals surface area contributed by atoms with Gasteiger partial charge >= 0.3 is 0 Å². The lowest BCUT2D eigenvalue weighted by atomic mass is 10.1. The van der Waals surface area contributed by atoms with Gasteiger partial charge in [0.1, 0.15) is 0 Å². The van der Waals surface area contributed by atoms with E-state index in [1.165, 1.54) is 6.26 Å². The van der Waals surface area contributed by atoms with Crippen molar-refractivity contribution in [1.29, 1.82) is 0 Å². The van der Waals surface area contributed by atoms with Crippen LogP contribution >= 0.6 is 0 Å². The number of hydrogen-bond donors (Lipinski definition) is 1. The zero-order valence-corrected chi connectivity index (χ0v) is 13.1. The molecule has 0 fully saturated rings. The molecule has 0 amide bonds. The maximum atomic E-state index is 11.6. The smallest absolute Gasteiger partial charge is 0.153 e. The number of sulfone groups is 1. The molecule has 0 spiro atoms. The number of rotatable bonds is 6. The predicted octanol–water partition coefficient (Wildman–Crippen LogP) is 1.13. The molecule has 0 aliphatic rings. The second kappa shape index (κ2) is 5.67. The Morgan fingerprint density at radius 3 is 1.94 bits per heavy atom. The van der Waals surface area contributed by atoms with Gasteiger partial charge in [0.25, 0.3) is 0 Å². The molecule has 0 aromatic heterocycles. The van der Waals surface area contributed by atoms with E-state index in [1.54, 1.807) is 13.8 Å². The van der Waals surface area contributed by atoms with Gasteiger partial charge < -0.3 is 10.2 Å². The van der Waals surface area contributed by atoms with E-state index < -0.39 is 14.6 Å². The van der Waals surface area contributed by atoms with Crippen LogP contribution in [0.3, 0.4) is 0 Å². The van der Waals surface area contributed by atoms with Gasteiger partial charge in [-0.25, -0.2) is 8.42 Å². The van der Waals surface area contributed by atoms with Gasteiger partial charge in [-0.05, 0) is 41.7 Å². The maximum Gasteiger partial charge on any atom is 0.153 e. The van der Waals surface area contributed by atoms with Crippen LogP contribution in [0.1, 0.15) is 34.6 Å². The summed E-state index contributed by atoms with van der Waals surface area (Å²) in [6.07, 6.45) is 1.30. The first kappa shape index (κ1) is 16.9. The van der Waals surface area contributed by atoms with Crippen molar-refractivity contribution in [2.45, 2.75) is 44.9 Å². The van der Waals surface area contributed by atoms with Gasteiger partial charge in [0.2, 0.25) is 0 Å². The fourth-order valence-corrected chi connectivity index (χ4v) is 1.92. The Kier molecular flexibility index (Phi) is 5.63. The Labute approximate surface area is 107 Å². The van der Waals surface area contributed by atoms with Gasteiger partial charge in [-0.1, -0.05) is 0 Å². The molecule has 17 heavy (non-hydrogen) atoms. The van der Waals surface area contributed by atoms with Crippen molar-refractivity contribution in [2.24, 2.45) is 0 Å². The van der Waals surface area contributed by atoms with E-state index >= 15 is 0 Å². The highest BCUT2D eigenvalue weighted by Crippen LogP contribution is 2.15. The van der Waals surface area contributed by atoms with Crippen LogP contribution in [0.2, 0.25) is 0 Å². The van der Waals surface area contributed by atoms with Crippen LogP contribution in [0.5, 0.6) is 0 Å². The monoisotopic (exact) mass is 264 g/mol. The average molecular weight is 264 g/mol. The molecule has 0 aliphatic heterocycles. The van der Waals surface area contributed by atoms with Crippen LogP contribution in [-0.2, 0) is 9.84 Å². The number of nitrogens with one attached hydrogen (secondary N) is 1. The van der Waals surface area contributed by atoms with Crippen LogP contribution in [0.4, 0.5) is 0 Å². The summed E-state index contributed by atoms with van der Waals surface area (Å²) in [5.41, 5.74) is 0.104. The summed E-state index contributed by atoms with van der Waals surface area (Å²) in [7, 11) is -1.06. The van der Waals surface area contributed by atoms with Crippen molar-refractivity contribution in [2.75, 3.05) is 32.9 Å². The molecule has 5 heteroatoms. The highest BCUT2D eigenvalue weighted by atomic mass is 32.2. The molecule has 0 rings (SSSR count). The molecule has 0 saturated carbocycles. The summed E-state index contributed by atoms with van der Waals surface area (Å²) in [6, 6.07) is 0. The average Bonchev–Trinajstić information content (AvgIpc) is 1.97. The molecule has 4 nitrogen and oxygen atoms in total. The Bertz CT molecular complexity index is 329. The summed E-state index contributed by atoms with van der Waals surface area (Å²) in [5.74, 6) is 0. The standard InChI is InChI=1S/C12H28N2O2S/c1-11(2,3)13-8-9-14(6)10-12(4,5)17(7,15)16/h13H,8-10H2,1-7H3. The lowest BCUT2D eigenvalue weighted by Gasteiger charge is -2.29. The largest absolute Gasteiger partial charge is 0.311 e. The van der Waals surface area contributed by atoms with Gasteiger partial charge in [0.15, 0.2) is 9.84 Å². The molecule has 0 unspecified atom stereocenters. The van der Waals surface area contributed by atoms with Crippen LogP contribution in [0, 0.1) is 0 Å². The van der Waals surface area contributed by atoms with Crippen molar-refractivity contribution in [3.63, 3.8) is 0 Å². The highest BCUT2D eigenvalue weighted by Gasteiger charge is 2.31. The van der Waals surface area contributed by atoms with Gasteiger partial charge in [-0.15, -0.1) is 0 Å². The lowest BCUT2D eigenvalue weighted by Crippen LogP contribution is -2.46. The van der Waals surface area contributed by atoms with Gasteiger partial charge in [-0.2, -0.15) is 0 Å². The fourth-order valence-electron chi connectivity index (χ4n) is 1.47. The Morgan fingerprint density at radius 1 is 1.12 bits per heavy atom. The van der Waals surface area contributed by atoms with E-state index in [1.807, 2.05) is 7.05 Å². The second-order valence-corrected chi connectivity index (χ2v) is 9.10. The Hall–Kier alpha value is -0.130. The molecule has 0 aliphatic carbocycles. The van der Waals surface area contributed by atoms with Gasteiger partial charge in [0.05, 0.1) is 4.75 Å². The normalized spacial score (nSPS) is 14.4. The van der Waals surface area contributed by atoms with Gasteiger partial charge in [-0.3, -0.25) is 0 Å². The minimum atomic E-state index is -3.01. The zero-order valence-electron chi connectivity index (χ0n) is 12.3. The molecule has 0 heterocycles. The number of nitrogens with zero attached hydrogens (tertiary/aromatic N) is 1. The first-order chi connectivity index (χ1) is 7.35. The molecule has 0 saturated heterocycles. The van der Waals surface area contributed by atoms with Crippen molar-refractivity contribution in [1.82, 2.24) is 10.2 Å². The van der Waals surface area contributed by atoms with E-state index in [-0.39, 0.29) is 5.54 Å². The molecular weight excluding hydrogens is 236 g/mol. The van der Waals surface area contributed by atoms with Crippen molar-refractivity contribution in [3.8, 4) is 0 Å². The van der Waals surface area contributed by atoms with Crippen molar-refractivity contribution < 1.29 is 8.42 Å². The van der Waals surface area contributed by atoms with Crippen LogP contribution in [-0.4, -0.2) is 56.5 Å². The Morgan fingerprint density at radius 2 is 1.59 bits per heavy atom. The van der Waals surface area contributed by atoms with Crippen LogP contribution in [0.15, 0.2) is 0 Å². The molecular formula is C12H28N2O2S. The fraction of sp³-hybridized carbons (Fsp3) is 1.00. The third-order valence-electron chi connectivity index (χ3n) is 2.80. The predicted molar refractivity (Wildman–Crippen MR) is 74.2 cm³/mol. The third kappa shape index (κ3) is 7.01. The summed E-state index contributed by atoms with van der Waals surface area (Å²) in [6.45, 7) is 12.2. The molecule has 0 aromatic carbocycles. The number of hydrogen-bond acceptors (Lipinski definition) is 4. The summed E-state index contributed by atoms with van der Waals surface area (Å²) < 4.78 is 22.5.